The second-order valence-corrected chi connectivity index (χ2v) is 5.90. The second-order valence-electron chi connectivity index (χ2n) is 5.90. The van der Waals surface area contributed by atoms with Gasteiger partial charge in [0.2, 0.25) is 5.91 Å². The molecule has 0 saturated carbocycles. The third kappa shape index (κ3) is 4.46. The Labute approximate surface area is 118 Å². The van der Waals surface area contributed by atoms with Gasteiger partial charge in [0.15, 0.2) is 0 Å². The first-order valence-corrected chi connectivity index (χ1v) is 7.75. The topological polar surface area (TPSA) is 49.6 Å². The standard InChI is InChI=1S/C15H31N3O/c1-5-17(6-2)15(19)9-14(10-16)18-8-7-12(3)13(4)11-18/h12-14H,5-11,16H2,1-4H3. The van der Waals surface area contributed by atoms with Crippen molar-refractivity contribution >= 4 is 5.91 Å². The first kappa shape index (κ1) is 16.4. The monoisotopic (exact) mass is 269 g/mol. The highest BCUT2D eigenvalue weighted by Crippen LogP contribution is 2.24. The molecule has 1 saturated heterocycles. The van der Waals surface area contributed by atoms with Crippen LogP contribution in [0.2, 0.25) is 0 Å². The van der Waals surface area contributed by atoms with Crippen LogP contribution in [-0.2, 0) is 4.79 Å². The molecule has 1 fully saturated rings. The molecule has 2 N–H and O–H groups in total. The molecule has 3 unspecified atom stereocenters. The minimum atomic E-state index is 0.211. The zero-order valence-corrected chi connectivity index (χ0v) is 13.1. The summed E-state index contributed by atoms with van der Waals surface area (Å²) >= 11 is 0. The zero-order chi connectivity index (χ0) is 14.4. The molecule has 112 valence electrons. The van der Waals surface area contributed by atoms with Crippen LogP contribution in [0.15, 0.2) is 0 Å². The van der Waals surface area contributed by atoms with Crippen LogP contribution in [0.5, 0.6) is 0 Å². The molecule has 0 aromatic carbocycles. The normalized spacial score (nSPS) is 26.2. The minimum Gasteiger partial charge on any atom is -0.343 e. The summed E-state index contributed by atoms with van der Waals surface area (Å²) in [6.07, 6.45) is 1.79. The van der Waals surface area contributed by atoms with E-state index < -0.39 is 0 Å². The third-order valence-corrected chi connectivity index (χ3v) is 4.68. The van der Waals surface area contributed by atoms with Gasteiger partial charge in [-0.2, -0.15) is 0 Å². The van der Waals surface area contributed by atoms with Gasteiger partial charge in [0, 0.05) is 38.6 Å². The fraction of sp³-hybridized carbons (Fsp3) is 0.933. The molecule has 1 aliphatic rings. The van der Waals surface area contributed by atoms with Gasteiger partial charge in [-0.3, -0.25) is 9.69 Å². The van der Waals surface area contributed by atoms with Gasteiger partial charge in [-0.25, -0.2) is 0 Å². The first-order chi connectivity index (χ1) is 9.03. The Morgan fingerprint density at radius 3 is 2.42 bits per heavy atom. The fourth-order valence-corrected chi connectivity index (χ4v) is 2.90. The van der Waals surface area contributed by atoms with Crippen molar-refractivity contribution in [3.8, 4) is 0 Å². The molecule has 1 heterocycles. The van der Waals surface area contributed by atoms with Gasteiger partial charge < -0.3 is 10.6 Å². The van der Waals surface area contributed by atoms with E-state index in [1.54, 1.807) is 0 Å². The van der Waals surface area contributed by atoms with Crippen molar-refractivity contribution in [2.24, 2.45) is 17.6 Å². The Bertz CT molecular complexity index is 279. The van der Waals surface area contributed by atoms with Crippen molar-refractivity contribution < 1.29 is 4.79 Å². The molecule has 0 aromatic heterocycles. The lowest BCUT2D eigenvalue weighted by Gasteiger charge is -2.40. The number of nitrogens with zero attached hydrogens (tertiary/aromatic N) is 2. The molecule has 0 radical (unpaired) electrons. The summed E-state index contributed by atoms with van der Waals surface area (Å²) in [5.74, 6) is 1.73. The highest BCUT2D eigenvalue weighted by Gasteiger charge is 2.28. The van der Waals surface area contributed by atoms with Crippen molar-refractivity contribution in [2.75, 3.05) is 32.7 Å². The number of likely N-dealkylation sites (tertiary alicyclic amines) is 1. The van der Waals surface area contributed by atoms with Gasteiger partial charge in [0.1, 0.15) is 0 Å². The van der Waals surface area contributed by atoms with Gasteiger partial charge in [-0.1, -0.05) is 13.8 Å². The third-order valence-electron chi connectivity index (χ3n) is 4.68. The Balaban J connectivity index is 2.56. The number of amides is 1. The smallest absolute Gasteiger partial charge is 0.224 e. The minimum absolute atomic E-state index is 0.211. The van der Waals surface area contributed by atoms with E-state index in [-0.39, 0.29) is 11.9 Å². The molecule has 4 heteroatoms. The van der Waals surface area contributed by atoms with Crippen LogP contribution in [0.25, 0.3) is 0 Å². The van der Waals surface area contributed by atoms with Crippen molar-refractivity contribution in [3.63, 3.8) is 0 Å². The molecule has 0 bridgehead atoms. The van der Waals surface area contributed by atoms with Crippen molar-refractivity contribution in [2.45, 2.75) is 46.6 Å². The quantitative estimate of drug-likeness (QED) is 0.796. The summed E-state index contributed by atoms with van der Waals surface area (Å²) in [5, 5.41) is 0. The zero-order valence-electron chi connectivity index (χ0n) is 13.1. The van der Waals surface area contributed by atoms with Crippen molar-refractivity contribution in [1.82, 2.24) is 9.80 Å². The molecule has 1 amide bonds. The van der Waals surface area contributed by atoms with E-state index >= 15 is 0 Å². The summed E-state index contributed by atoms with van der Waals surface area (Å²) in [7, 11) is 0. The van der Waals surface area contributed by atoms with Crippen molar-refractivity contribution in [3.05, 3.63) is 0 Å². The van der Waals surface area contributed by atoms with Crippen LogP contribution in [0, 0.1) is 11.8 Å². The molecule has 0 spiro atoms. The predicted octanol–water partition coefficient (Wildman–Crippen LogP) is 1.55. The number of nitrogens with two attached hydrogens (primary N) is 1. The van der Waals surface area contributed by atoms with E-state index in [4.69, 9.17) is 5.73 Å². The lowest BCUT2D eigenvalue weighted by atomic mass is 9.87. The number of rotatable bonds is 6. The van der Waals surface area contributed by atoms with Gasteiger partial charge in [-0.05, 0) is 38.6 Å². The van der Waals surface area contributed by atoms with E-state index in [1.807, 2.05) is 18.7 Å². The summed E-state index contributed by atoms with van der Waals surface area (Å²) in [5.41, 5.74) is 5.90. The Kier molecular flexibility index (Phi) is 6.80. The fourth-order valence-electron chi connectivity index (χ4n) is 2.90. The summed E-state index contributed by atoms with van der Waals surface area (Å²) in [6, 6.07) is 0.211. The average molecular weight is 269 g/mol. The SMILES string of the molecule is CCN(CC)C(=O)CC(CN)N1CCC(C)C(C)C1. The van der Waals surface area contributed by atoms with Crippen LogP contribution < -0.4 is 5.73 Å². The Morgan fingerprint density at radius 2 is 1.95 bits per heavy atom. The van der Waals surface area contributed by atoms with Crippen molar-refractivity contribution in [1.29, 1.82) is 0 Å². The van der Waals surface area contributed by atoms with E-state index in [1.165, 1.54) is 6.42 Å². The van der Waals surface area contributed by atoms with Gasteiger partial charge in [-0.15, -0.1) is 0 Å². The number of carbonyl (C=O) groups is 1. The number of carbonyl (C=O) groups excluding carboxylic acids is 1. The summed E-state index contributed by atoms with van der Waals surface area (Å²) < 4.78 is 0. The molecule has 1 rings (SSSR count). The molecule has 1 aliphatic heterocycles. The first-order valence-electron chi connectivity index (χ1n) is 7.75. The van der Waals surface area contributed by atoms with E-state index in [0.717, 1.165) is 32.1 Å². The highest BCUT2D eigenvalue weighted by atomic mass is 16.2. The largest absolute Gasteiger partial charge is 0.343 e. The predicted molar refractivity (Wildman–Crippen MR) is 79.9 cm³/mol. The number of hydrogen-bond acceptors (Lipinski definition) is 3. The van der Waals surface area contributed by atoms with Gasteiger partial charge in [0.05, 0.1) is 0 Å². The number of hydrogen-bond donors (Lipinski definition) is 1. The van der Waals surface area contributed by atoms with Crippen LogP contribution >= 0.6 is 0 Å². The highest BCUT2D eigenvalue weighted by molar-refractivity contribution is 5.76. The van der Waals surface area contributed by atoms with E-state index in [9.17, 15) is 4.79 Å². The molecule has 4 nitrogen and oxygen atoms in total. The molecule has 0 aromatic rings. The molecule has 3 atom stereocenters. The molecular formula is C15H31N3O. The molecular weight excluding hydrogens is 238 g/mol. The van der Waals surface area contributed by atoms with Crippen LogP contribution in [-0.4, -0.2) is 54.5 Å². The van der Waals surface area contributed by atoms with Gasteiger partial charge in [0.25, 0.3) is 0 Å². The molecule has 0 aliphatic carbocycles. The van der Waals surface area contributed by atoms with Crippen LogP contribution in [0.3, 0.4) is 0 Å². The lowest BCUT2D eigenvalue weighted by Crippen LogP contribution is -2.49. The second kappa shape index (κ2) is 7.85. The maximum absolute atomic E-state index is 12.2. The van der Waals surface area contributed by atoms with E-state index in [0.29, 0.717) is 18.9 Å². The number of piperidine rings is 1. The van der Waals surface area contributed by atoms with Gasteiger partial charge >= 0.3 is 0 Å². The maximum Gasteiger partial charge on any atom is 0.224 e. The maximum atomic E-state index is 12.2. The summed E-state index contributed by atoms with van der Waals surface area (Å²) in [4.78, 5) is 16.5. The Morgan fingerprint density at radius 1 is 1.32 bits per heavy atom. The van der Waals surface area contributed by atoms with Crippen LogP contribution in [0.4, 0.5) is 0 Å². The average Bonchev–Trinajstić information content (AvgIpc) is 2.40. The van der Waals surface area contributed by atoms with E-state index in [2.05, 4.69) is 18.7 Å². The summed E-state index contributed by atoms with van der Waals surface area (Å²) in [6.45, 7) is 13.0. The molecule has 19 heavy (non-hydrogen) atoms. The van der Waals surface area contributed by atoms with Crippen LogP contribution in [0.1, 0.15) is 40.5 Å². The Hall–Kier alpha value is -0.610. The lowest BCUT2D eigenvalue weighted by molar-refractivity contribution is -0.132.